The van der Waals surface area contributed by atoms with Crippen LogP contribution in [0.5, 0.6) is 0 Å². The van der Waals surface area contributed by atoms with E-state index in [1.165, 1.54) is 0 Å². The average Bonchev–Trinajstić information content (AvgIpc) is 2.88. The van der Waals surface area contributed by atoms with Crippen molar-refractivity contribution in [1.29, 1.82) is 0 Å². The van der Waals surface area contributed by atoms with Crippen molar-refractivity contribution in [2.45, 2.75) is 31.2 Å². The summed E-state index contributed by atoms with van der Waals surface area (Å²) >= 11 is 0. The maximum atomic E-state index is 13.9. The van der Waals surface area contributed by atoms with E-state index in [9.17, 15) is 22.4 Å². The summed E-state index contributed by atoms with van der Waals surface area (Å²) in [7, 11) is 0. The fraction of sp³-hybridized carbons (Fsp3) is 0.600. The van der Waals surface area contributed by atoms with E-state index in [1.807, 2.05) is 0 Å². The maximum absolute atomic E-state index is 13.9. The van der Waals surface area contributed by atoms with E-state index in [2.05, 4.69) is 5.10 Å². The number of alkyl halides is 4. The fourth-order valence-electron chi connectivity index (χ4n) is 2.71. The van der Waals surface area contributed by atoms with Crippen molar-refractivity contribution in [1.82, 2.24) is 9.78 Å². The van der Waals surface area contributed by atoms with E-state index < -0.39 is 48.1 Å². The van der Waals surface area contributed by atoms with Crippen molar-refractivity contribution < 1.29 is 27.5 Å². The van der Waals surface area contributed by atoms with Gasteiger partial charge < -0.3 is 5.11 Å². The van der Waals surface area contributed by atoms with Crippen LogP contribution in [-0.2, 0) is 17.3 Å². The molecule has 1 heterocycles. The summed E-state index contributed by atoms with van der Waals surface area (Å²) in [4.78, 5) is 10.6. The van der Waals surface area contributed by atoms with Crippen LogP contribution in [0.1, 0.15) is 35.7 Å². The van der Waals surface area contributed by atoms with Gasteiger partial charge in [0.05, 0.1) is 0 Å². The molecule has 0 aliphatic heterocycles. The molecule has 0 saturated heterocycles. The van der Waals surface area contributed by atoms with Gasteiger partial charge in [-0.2, -0.15) is 13.9 Å². The Kier molecular flexibility index (Phi) is 2.07. The Morgan fingerprint density at radius 3 is 2.78 bits per heavy atom. The predicted octanol–water partition coefficient (Wildman–Crippen LogP) is 2.11. The van der Waals surface area contributed by atoms with Crippen LogP contribution in [0.2, 0.25) is 0 Å². The molecule has 0 unspecified atom stereocenters. The molecule has 2 aliphatic rings. The third-order valence-corrected chi connectivity index (χ3v) is 3.45. The van der Waals surface area contributed by atoms with E-state index in [-0.39, 0.29) is 12.0 Å². The molecule has 18 heavy (non-hydrogen) atoms. The molecule has 0 radical (unpaired) electrons. The Hall–Kier alpha value is -1.60. The highest BCUT2D eigenvalue weighted by Crippen LogP contribution is 2.68. The van der Waals surface area contributed by atoms with Crippen molar-refractivity contribution in [3.8, 4) is 0 Å². The Balaban J connectivity index is 2.16. The van der Waals surface area contributed by atoms with Crippen LogP contribution in [-0.4, -0.2) is 20.9 Å². The Labute approximate surface area is 98.2 Å². The molecule has 1 fully saturated rings. The number of rotatable bonds is 3. The maximum Gasteiger partial charge on any atom is 0.325 e. The molecule has 2 atom stereocenters. The largest absolute Gasteiger partial charge is 0.480 e. The molecule has 0 bridgehead atoms. The van der Waals surface area contributed by atoms with Gasteiger partial charge in [-0.25, -0.2) is 8.78 Å². The second-order valence-electron chi connectivity index (χ2n) is 4.57. The average molecular weight is 264 g/mol. The van der Waals surface area contributed by atoms with Crippen molar-refractivity contribution in [2.24, 2.45) is 5.92 Å². The van der Waals surface area contributed by atoms with Gasteiger partial charge in [0.25, 0.3) is 12.3 Å². The van der Waals surface area contributed by atoms with Crippen molar-refractivity contribution in [3.05, 3.63) is 17.0 Å². The van der Waals surface area contributed by atoms with E-state index in [1.54, 1.807) is 0 Å². The number of carboxylic acid groups (broad SMARTS) is 1. The number of aliphatic carboxylic acids is 1. The second-order valence-corrected chi connectivity index (χ2v) is 4.57. The highest BCUT2D eigenvalue weighted by molar-refractivity contribution is 5.67. The van der Waals surface area contributed by atoms with Crippen molar-refractivity contribution >= 4 is 5.97 Å². The van der Waals surface area contributed by atoms with Gasteiger partial charge in [0, 0.05) is 11.5 Å². The first-order chi connectivity index (χ1) is 8.34. The number of fused-ring (bicyclic) bond motifs is 3. The summed E-state index contributed by atoms with van der Waals surface area (Å²) in [6, 6.07) is 0. The van der Waals surface area contributed by atoms with Crippen LogP contribution < -0.4 is 0 Å². The van der Waals surface area contributed by atoms with E-state index in [0.717, 1.165) is 0 Å². The molecule has 1 N–H and O–H groups in total. The number of hydrogen-bond donors (Lipinski definition) is 1. The van der Waals surface area contributed by atoms with Gasteiger partial charge in [-0.15, -0.1) is 0 Å². The van der Waals surface area contributed by atoms with Crippen molar-refractivity contribution in [3.63, 3.8) is 0 Å². The summed E-state index contributed by atoms with van der Waals surface area (Å²) in [5.41, 5.74) is -1.47. The molecule has 3 rings (SSSR count). The van der Waals surface area contributed by atoms with Gasteiger partial charge in [-0.05, 0) is 12.3 Å². The molecule has 1 aromatic rings. The zero-order valence-electron chi connectivity index (χ0n) is 8.91. The van der Waals surface area contributed by atoms with Crippen LogP contribution in [0.25, 0.3) is 0 Å². The van der Waals surface area contributed by atoms with Crippen molar-refractivity contribution in [2.75, 3.05) is 0 Å². The van der Waals surface area contributed by atoms with Gasteiger partial charge in [0.1, 0.15) is 17.9 Å². The molecule has 0 spiro atoms. The summed E-state index contributed by atoms with van der Waals surface area (Å²) < 4.78 is 53.7. The molecule has 0 aromatic carbocycles. The summed E-state index contributed by atoms with van der Waals surface area (Å²) in [5.74, 6) is -6.21. The highest BCUT2D eigenvalue weighted by Gasteiger charge is 2.67. The lowest BCUT2D eigenvalue weighted by Crippen LogP contribution is -2.22. The fourth-order valence-corrected chi connectivity index (χ4v) is 2.71. The third-order valence-electron chi connectivity index (χ3n) is 3.45. The zero-order chi connectivity index (χ0) is 13.2. The Morgan fingerprint density at radius 2 is 2.22 bits per heavy atom. The van der Waals surface area contributed by atoms with E-state index in [4.69, 9.17) is 5.11 Å². The summed E-state index contributed by atoms with van der Waals surface area (Å²) in [6.45, 7) is -0.829. The first-order valence-electron chi connectivity index (χ1n) is 5.32. The molecule has 8 heteroatoms. The lowest BCUT2D eigenvalue weighted by molar-refractivity contribution is -0.138. The SMILES string of the molecule is O=C(O)Cn1nc(C(F)F)c2c1C(F)(F)[C@@H]1C[C@@H]21. The van der Waals surface area contributed by atoms with Gasteiger partial charge >= 0.3 is 5.97 Å². The normalized spacial score (nSPS) is 27.2. The van der Waals surface area contributed by atoms with E-state index in [0.29, 0.717) is 4.68 Å². The van der Waals surface area contributed by atoms with Gasteiger partial charge in [-0.1, -0.05) is 0 Å². The number of carboxylic acids is 1. The van der Waals surface area contributed by atoms with Gasteiger partial charge in [-0.3, -0.25) is 9.48 Å². The van der Waals surface area contributed by atoms with Crippen LogP contribution in [0.3, 0.4) is 0 Å². The number of aromatic nitrogens is 2. The molecule has 2 aliphatic carbocycles. The minimum Gasteiger partial charge on any atom is -0.480 e. The topological polar surface area (TPSA) is 55.1 Å². The summed E-state index contributed by atoms with van der Waals surface area (Å²) in [6.07, 6.45) is -2.80. The van der Waals surface area contributed by atoms with Crippen LogP contribution in [0.4, 0.5) is 17.6 Å². The monoisotopic (exact) mass is 264 g/mol. The molecular formula is C10H8F4N2O2. The molecule has 1 saturated carbocycles. The lowest BCUT2D eigenvalue weighted by atomic mass is 10.1. The standard InChI is InChI=1S/C10H8F4N2O2/c11-9(12)7-6-3-1-4(3)10(13,14)8(6)16(15-7)2-5(17)18/h3-4,9H,1-2H2,(H,17,18)/t3-,4-/m1/s1. The first-order valence-corrected chi connectivity index (χ1v) is 5.32. The van der Waals surface area contributed by atoms with Gasteiger partial charge in [0.15, 0.2) is 0 Å². The molecule has 1 aromatic heterocycles. The number of nitrogens with zero attached hydrogens (tertiary/aromatic N) is 2. The van der Waals surface area contributed by atoms with Crippen LogP contribution in [0, 0.1) is 5.92 Å². The third kappa shape index (κ3) is 1.31. The molecule has 0 amide bonds. The number of carbonyl (C=O) groups is 1. The van der Waals surface area contributed by atoms with Crippen LogP contribution >= 0.6 is 0 Å². The molecule has 98 valence electrons. The molecular weight excluding hydrogens is 256 g/mol. The smallest absolute Gasteiger partial charge is 0.325 e. The molecule has 4 nitrogen and oxygen atoms in total. The second kappa shape index (κ2) is 3.24. The highest BCUT2D eigenvalue weighted by atomic mass is 19.3. The zero-order valence-corrected chi connectivity index (χ0v) is 8.91. The van der Waals surface area contributed by atoms with E-state index >= 15 is 0 Å². The quantitative estimate of drug-likeness (QED) is 0.851. The number of halogens is 4. The minimum absolute atomic E-state index is 0.138. The number of hydrogen-bond acceptors (Lipinski definition) is 2. The minimum atomic E-state index is -3.25. The first kappa shape index (κ1) is 11.5. The summed E-state index contributed by atoms with van der Waals surface area (Å²) in [5, 5.41) is 12.0. The predicted molar refractivity (Wildman–Crippen MR) is 49.6 cm³/mol. The van der Waals surface area contributed by atoms with Crippen LogP contribution in [0.15, 0.2) is 0 Å². The lowest BCUT2D eigenvalue weighted by Gasteiger charge is -2.14. The van der Waals surface area contributed by atoms with Gasteiger partial charge in [0.2, 0.25) is 0 Å². The Morgan fingerprint density at radius 1 is 1.56 bits per heavy atom. The Bertz CT molecular complexity index is 540.